The van der Waals surface area contributed by atoms with Crippen LogP contribution in [0.15, 0.2) is 18.2 Å². The van der Waals surface area contributed by atoms with Gasteiger partial charge in [-0.2, -0.15) is 0 Å². The largest absolute Gasteiger partial charge is 0.453 e. The van der Waals surface area contributed by atoms with Gasteiger partial charge < -0.3 is 15.0 Å². The van der Waals surface area contributed by atoms with E-state index in [-0.39, 0.29) is 5.91 Å². The molecule has 0 aliphatic carbocycles. The molecule has 1 aromatic rings. The van der Waals surface area contributed by atoms with E-state index in [1.54, 1.807) is 11.8 Å². The van der Waals surface area contributed by atoms with E-state index >= 15 is 0 Å². The number of nitrogens with one attached hydrogen (secondary N) is 1. The third-order valence-corrected chi connectivity index (χ3v) is 3.78. The predicted molar refractivity (Wildman–Crippen MR) is 93.1 cm³/mol. The first-order valence-electron chi connectivity index (χ1n) is 8.02. The number of carbonyl (C=O) groups excluding carboxylic acids is 2. The van der Waals surface area contributed by atoms with Crippen molar-refractivity contribution in [3.63, 3.8) is 0 Å². The minimum absolute atomic E-state index is 0.0355. The maximum Gasteiger partial charge on any atom is 0.406 e. The van der Waals surface area contributed by atoms with E-state index in [0.29, 0.717) is 24.9 Å². The first kappa shape index (κ1) is 19.0. The molecule has 0 fully saturated rings. The lowest BCUT2D eigenvalue weighted by Crippen LogP contribution is -2.38. The molecule has 23 heavy (non-hydrogen) atoms. The van der Waals surface area contributed by atoms with Crippen molar-refractivity contribution in [2.24, 2.45) is 0 Å². The normalized spacial score (nSPS) is 10.8. The molecule has 5 nitrogen and oxygen atoms in total. The minimum atomic E-state index is -0.491. The van der Waals surface area contributed by atoms with Gasteiger partial charge in [-0.15, -0.1) is 0 Å². The second kappa shape index (κ2) is 8.56. The maximum absolute atomic E-state index is 12.2. The van der Waals surface area contributed by atoms with Gasteiger partial charge in [-0.3, -0.25) is 4.79 Å². The molecule has 0 atom stereocenters. The zero-order chi connectivity index (χ0) is 17.6. The zero-order valence-corrected chi connectivity index (χ0v) is 15.0. The van der Waals surface area contributed by atoms with Crippen LogP contribution in [0.5, 0.6) is 0 Å². The highest BCUT2D eigenvalue weighted by atomic mass is 16.5. The van der Waals surface area contributed by atoms with Crippen LogP contribution in [0.2, 0.25) is 0 Å². The fourth-order valence-corrected chi connectivity index (χ4v) is 2.59. The average molecular weight is 320 g/mol. The summed E-state index contributed by atoms with van der Waals surface area (Å²) in [7, 11) is 1.32. The number of ether oxygens (including phenoxy) is 1. The van der Waals surface area contributed by atoms with Crippen LogP contribution in [0.4, 0.5) is 10.5 Å². The number of carbonyl (C=O) groups is 2. The van der Waals surface area contributed by atoms with Crippen molar-refractivity contribution in [1.29, 1.82) is 0 Å². The highest BCUT2D eigenvalue weighted by Crippen LogP contribution is 2.35. The Bertz CT molecular complexity index is 527. The summed E-state index contributed by atoms with van der Waals surface area (Å²) in [6.07, 6.45) is -0.491. The number of hydrogen-bond acceptors (Lipinski definition) is 3. The summed E-state index contributed by atoms with van der Waals surface area (Å²) in [5, 5.41) is 2.63. The average Bonchev–Trinajstić information content (AvgIpc) is 2.50. The summed E-state index contributed by atoms with van der Waals surface area (Å²) in [5.74, 6) is 0.574. The standard InChI is InChI=1S/C18H28N2O3/c1-12(2)15-8-7-9-16(13(3)4)17(15)20(14(5)21)11-10-19-18(22)23-6/h7-9,12-13H,10-11H2,1-6H3,(H,19,22). The molecule has 0 spiro atoms. The Morgan fingerprint density at radius 3 is 2.04 bits per heavy atom. The van der Waals surface area contributed by atoms with E-state index in [1.807, 2.05) is 6.07 Å². The summed E-state index contributed by atoms with van der Waals surface area (Å²) in [6, 6.07) is 6.17. The van der Waals surface area contributed by atoms with E-state index in [9.17, 15) is 9.59 Å². The van der Waals surface area contributed by atoms with Crippen LogP contribution in [0.25, 0.3) is 0 Å². The van der Waals surface area contributed by atoms with Crippen LogP contribution >= 0.6 is 0 Å². The van der Waals surface area contributed by atoms with E-state index in [4.69, 9.17) is 0 Å². The lowest BCUT2D eigenvalue weighted by Gasteiger charge is -2.29. The van der Waals surface area contributed by atoms with Gasteiger partial charge in [0.1, 0.15) is 0 Å². The van der Waals surface area contributed by atoms with Crippen molar-refractivity contribution in [1.82, 2.24) is 5.32 Å². The number of methoxy groups -OCH3 is 1. The quantitative estimate of drug-likeness (QED) is 0.870. The van der Waals surface area contributed by atoms with Crippen LogP contribution in [0.1, 0.15) is 57.6 Å². The lowest BCUT2D eigenvalue weighted by molar-refractivity contribution is -0.116. The van der Waals surface area contributed by atoms with Crippen LogP contribution in [0, 0.1) is 0 Å². The summed E-state index contributed by atoms with van der Waals surface area (Å²) in [4.78, 5) is 25.2. The van der Waals surface area contributed by atoms with Crippen molar-refractivity contribution in [3.05, 3.63) is 29.3 Å². The number of para-hydroxylation sites is 1. The smallest absolute Gasteiger partial charge is 0.406 e. The molecule has 0 saturated carbocycles. The Hall–Kier alpha value is -2.04. The van der Waals surface area contributed by atoms with Gasteiger partial charge in [0.25, 0.3) is 0 Å². The molecule has 0 bridgehead atoms. The third kappa shape index (κ3) is 4.98. The van der Waals surface area contributed by atoms with Gasteiger partial charge in [-0.05, 0) is 23.0 Å². The second-order valence-electron chi connectivity index (χ2n) is 6.18. The maximum atomic E-state index is 12.2. The summed E-state index contributed by atoms with van der Waals surface area (Å²) in [6.45, 7) is 10.8. The zero-order valence-electron chi connectivity index (χ0n) is 15.0. The van der Waals surface area contributed by atoms with E-state index < -0.39 is 6.09 Å². The number of amides is 2. The van der Waals surface area contributed by atoms with Crippen LogP contribution in [-0.4, -0.2) is 32.2 Å². The molecule has 0 aliphatic rings. The molecule has 0 aliphatic heterocycles. The van der Waals surface area contributed by atoms with Gasteiger partial charge in [0.15, 0.2) is 0 Å². The molecular weight excluding hydrogens is 292 g/mol. The predicted octanol–water partition coefficient (Wildman–Crippen LogP) is 3.64. The Morgan fingerprint density at radius 1 is 1.13 bits per heavy atom. The molecule has 1 rings (SSSR count). The second-order valence-corrected chi connectivity index (χ2v) is 6.18. The Balaban J connectivity index is 3.19. The molecule has 0 aromatic heterocycles. The van der Waals surface area contributed by atoms with Crippen LogP contribution in [0.3, 0.4) is 0 Å². The van der Waals surface area contributed by atoms with Gasteiger partial charge >= 0.3 is 6.09 Å². The molecule has 0 unspecified atom stereocenters. The van der Waals surface area contributed by atoms with Gasteiger partial charge in [0, 0.05) is 20.0 Å². The van der Waals surface area contributed by atoms with Gasteiger partial charge in [-0.1, -0.05) is 45.9 Å². The fraction of sp³-hybridized carbons (Fsp3) is 0.556. The Morgan fingerprint density at radius 2 is 1.65 bits per heavy atom. The summed E-state index contributed by atoms with van der Waals surface area (Å²) < 4.78 is 4.57. The number of nitrogens with zero attached hydrogens (tertiary/aromatic N) is 1. The SMILES string of the molecule is COC(=O)NCCN(C(C)=O)c1c(C(C)C)cccc1C(C)C. The molecule has 2 amide bonds. The Kier molecular flexibility index (Phi) is 7.07. The topological polar surface area (TPSA) is 58.6 Å². The number of benzene rings is 1. The highest BCUT2D eigenvalue weighted by molar-refractivity contribution is 5.93. The summed E-state index contributed by atoms with van der Waals surface area (Å²) >= 11 is 0. The van der Waals surface area contributed by atoms with Gasteiger partial charge in [0.05, 0.1) is 12.8 Å². The van der Waals surface area contributed by atoms with Gasteiger partial charge in [-0.25, -0.2) is 4.79 Å². The molecule has 128 valence electrons. The lowest BCUT2D eigenvalue weighted by atomic mass is 9.92. The van der Waals surface area contributed by atoms with Crippen LogP contribution in [-0.2, 0) is 9.53 Å². The molecular formula is C18H28N2O3. The van der Waals surface area contributed by atoms with Gasteiger partial charge in [0.2, 0.25) is 5.91 Å². The molecule has 5 heteroatoms. The molecule has 0 heterocycles. The fourth-order valence-electron chi connectivity index (χ4n) is 2.59. The van der Waals surface area contributed by atoms with Crippen molar-refractivity contribution >= 4 is 17.7 Å². The first-order valence-corrected chi connectivity index (χ1v) is 8.02. The molecule has 0 saturated heterocycles. The Labute approximate surface area is 139 Å². The minimum Gasteiger partial charge on any atom is -0.453 e. The molecule has 1 N–H and O–H groups in total. The van der Waals surface area contributed by atoms with E-state index in [2.05, 4.69) is 49.9 Å². The van der Waals surface area contributed by atoms with Crippen molar-refractivity contribution in [2.45, 2.75) is 46.5 Å². The monoisotopic (exact) mass is 320 g/mol. The number of anilines is 1. The van der Waals surface area contributed by atoms with E-state index in [1.165, 1.54) is 7.11 Å². The van der Waals surface area contributed by atoms with Crippen molar-refractivity contribution in [3.8, 4) is 0 Å². The molecule has 1 aromatic carbocycles. The highest BCUT2D eigenvalue weighted by Gasteiger charge is 2.22. The third-order valence-electron chi connectivity index (χ3n) is 3.78. The van der Waals surface area contributed by atoms with E-state index in [0.717, 1.165) is 16.8 Å². The molecule has 0 radical (unpaired) electrons. The number of rotatable bonds is 6. The van der Waals surface area contributed by atoms with Crippen molar-refractivity contribution in [2.75, 3.05) is 25.1 Å². The van der Waals surface area contributed by atoms with Crippen molar-refractivity contribution < 1.29 is 14.3 Å². The van der Waals surface area contributed by atoms with Crippen LogP contribution < -0.4 is 10.2 Å². The number of alkyl carbamates (subject to hydrolysis) is 1. The first-order chi connectivity index (χ1) is 10.8. The summed E-state index contributed by atoms with van der Waals surface area (Å²) in [5.41, 5.74) is 3.26. The number of hydrogen-bond donors (Lipinski definition) is 1.